The molecule has 0 aromatic rings. The van der Waals surface area contributed by atoms with Crippen molar-refractivity contribution in [2.24, 2.45) is 0 Å². The number of rotatable bonds is 7. The zero-order chi connectivity index (χ0) is 17.9. The van der Waals surface area contributed by atoms with Gasteiger partial charge in [0.2, 0.25) is 0 Å². The van der Waals surface area contributed by atoms with Crippen LogP contribution in [-0.2, 0) is 4.79 Å². The van der Waals surface area contributed by atoms with Crippen LogP contribution in [0.2, 0.25) is 0 Å². The standard InChI is InChI=1S/C13H20O10/c14-4-8(18)11(21)12(22)10(20)7(17)3-13(23)1-5(15)9(19)6(16)2-13/h1,7-8,11-12,14-19,21-23H,2-4H2/t7?,8-,11+,12+,13?/m0/s1. The summed E-state index contributed by atoms with van der Waals surface area (Å²) in [7, 11) is 0. The van der Waals surface area contributed by atoms with Crippen LogP contribution in [-0.4, -0.2) is 88.4 Å². The van der Waals surface area contributed by atoms with Gasteiger partial charge in [-0.1, -0.05) is 0 Å². The monoisotopic (exact) mass is 336 g/mol. The molecule has 0 radical (unpaired) electrons. The maximum atomic E-state index is 11.8. The van der Waals surface area contributed by atoms with E-state index in [0.717, 1.165) is 0 Å². The van der Waals surface area contributed by atoms with Crippen LogP contribution in [0.1, 0.15) is 12.8 Å². The summed E-state index contributed by atoms with van der Waals surface area (Å²) in [5.74, 6) is -3.81. The Morgan fingerprint density at radius 1 is 1.17 bits per heavy atom. The molecule has 9 N–H and O–H groups in total. The third-order valence-corrected chi connectivity index (χ3v) is 3.47. The molecule has 0 heterocycles. The van der Waals surface area contributed by atoms with E-state index in [2.05, 4.69) is 0 Å². The van der Waals surface area contributed by atoms with Gasteiger partial charge >= 0.3 is 0 Å². The fourth-order valence-electron chi connectivity index (χ4n) is 2.15. The highest BCUT2D eigenvalue weighted by Gasteiger charge is 2.40. The Morgan fingerprint density at radius 3 is 2.22 bits per heavy atom. The van der Waals surface area contributed by atoms with E-state index in [0.29, 0.717) is 6.08 Å². The summed E-state index contributed by atoms with van der Waals surface area (Å²) in [6.07, 6.45) is -8.78. The summed E-state index contributed by atoms with van der Waals surface area (Å²) in [6.45, 7) is -0.930. The maximum Gasteiger partial charge on any atom is 0.195 e. The topological polar surface area (TPSA) is 199 Å². The van der Waals surface area contributed by atoms with E-state index in [-0.39, 0.29) is 0 Å². The number of aliphatic hydroxyl groups is 9. The van der Waals surface area contributed by atoms with Gasteiger partial charge in [-0.2, -0.15) is 0 Å². The SMILES string of the molecule is O=C(C(O)CC1(O)C=C(O)C(O)=C(O)C1)[C@@H](O)[C@H](O)[C@@H](O)CO. The lowest BCUT2D eigenvalue weighted by atomic mass is 9.85. The van der Waals surface area contributed by atoms with Gasteiger partial charge in [-0.05, 0) is 6.08 Å². The van der Waals surface area contributed by atoms with E-state index in [1.165, 1.54) is 0 Å². The summed E-state index contributed by atoms with van der Waals surface area (Å²) in [5.41, 5.74) is -2.09. The number of aliphatic hydroxyl groups excluding tert-OH is 8. The van der Waals surface area contributed by atoms with Crippen molar-refractivity contribution in [1.29, 1.82) is 0 Å². The van der Waals surface area contributed by atoms with Crippen molar-refractivity contribution in [2.75, 3.05) is 6.61 Å². The average molecular weight is 336 g/mol. The smallest absolute Gasteiger partial charge is 0.195 e. The van der Waals surface area contributed by atoms with Crippen LogP contribution in [0.4, 0.5) is 0 Å². The Balaban J connectivity index is 2.80. The largest absolute Gasteiger partial charge is 0.508 e. The van der Waals surface area contributed by atoms with Gasteiger partial charge in [0.15, 0.2) is 17.3 Å². The molecule has 1 aliphatic rings. The van der Waals surface area contributed by atoms with Gasteiger partial charge in [-0.3, -0.25) is 4.79 Å². The zero-order valence-electron chi connectivity index (χ0n) is 11.9. The van der Waals surface area contributed by atoms with Gasteiger partial charge in [-0.15, -0.1) is 0 Å². The van der Waals surface area contributed by atoms with Gasteiger partial charge < -0.3 is 46.0 Å². The minimum absolute atomic E-state index is 0.606. The number of carbonyl (C=O) groups is 1. The molecule has 1 aliphatic carbocycles. The summed E-state index contributed by atoms with van der Waals surface area (Å²) >= 11 is 0. The molecule has 0 fully saturated rings. The number of carbonyl (C=O) groups excluding carboxylic acids is 1. The summed E-state index contributed by atoms with van der Waals surface area (Å²) < 4.78 is 0. The summed E-state index contributed by atoms with van der Waals surface area (Å²) in [6, 6.07) is 0. The first-order chi connectivity index (χ1) is 10.5. The summed E-state index contributed by atoms with van der Waals surface area (Å²) in [5, 5.41) is 84.6. The van der Waals surface area contributed by atoms with Crippen LogP contribution in [0.25, 0.3) is 0 Å². The van der Waals surface area contributed by atoms with Crippen LogP contribution < -0.4 is 0 Å². The van der Waals surface area contributed by atoms with E-state index in [4.69, 9.17) is 10.2 Å². The number of hydrogen-bond donors (Lipinski definition) is 9. The molecule has 10 nitrogen and oxygen atoms in total. The van der Waals surface area contributed by atoms with Gasteiger partial charge in [0, 0.05) is 12.8 Å². The Labute approximate surface area is 130 Å². The van der Waals surface area contributed by atoms with Crippen LogP contribution in [0.5, 0.6) is 0 Å². The van der Waals surface area contributed by atoms with Crippen LogP contribution in [0.3, 0.4) is 0 Å². The molecule has 0 amide bonds. The van der Waals surface area contributed by atoms with E-state index >= 15 is 0 Å². The quantitative estimate of drug-likeness (QED) is 0.235. The van der Waals surface area contributed by atoms with Crippen molar-refractivity contribution < 1.29 is 50.8 Å². The lowest BCUT2D eigenvalue weighted by molar-refractivity contribution is -0.150. The van der Waals surface area contributed by atoms with Crippen molar-refractivity contribution in [3.8, 4) is 0 Å². The second-order valence-electron chi connectivity index (χ2n) is 5.41. The lowest BCUT2D eigenvalue weighted by Gasteiger charge is -2.30. The minimum atomic E-state index is -2.23. The average Bonchev–Trinajstić information content (AvgIpc) is 2.48. The first-order valence-electron chi connectivity index (χ1n) is 6.65. The second kappa shape index (κ2) is 7.25. The van der Waals surface area contributed by atoms with Gasteiger partial charge in [0.05, 0.1) is 12.2 Å². The fourth-order valence-corrected chi connectivity index (χ4v) is 2.15. The predicted octanol–water partition coefficient (Wildman–Crippen LogP) is -2.71. The third-order valence-electron chi connectivity index (χ3n) is 3.47. The molecule has 5 atom stereocenters. The van der Waals surface area contributed by atoms with Crippen LogP contribution in [0.15, 0.2) is 23.4 Å². The molecular weight excluding hydrogens is 316 g/mol. The molecule has 0 aromatic carbocycles. The van der Waals surface area contributed by atoms with Crippen LogP contribution in [0, 0.1) is 0 Å². The second-order valence-corrected chi connectivity index (χ2v) is 5.41. The molecule has 10 heteroatoms. The Hall–Kier alpha value is -1.69. The van der Waals surface area contributed by atoms with Gasteiger partial charge in [-0.25, -0.2) is 0 Å². The first kappa shape index (κ1) is 19.4. The molecule has 0 saturated carbocycles. The lowest BCUT2D eigenvalue weighted by Crippen LogP contribution is -2.49. The van der Waals surface area contributed by atoms with Gasteiger partial charge in [0.1, 0.15) is 30.2 Å². The molecule has 23 heavy (non-hydrogen) atoms. The molecule has 132 valence electrons. The number of hydrogen-bond acceptors (Lipinski definition) is 10. The highest BCUT2D eigenvalue weighted by atomic mass is 16.4. The van der Waals surface area contributed by atoms with E-state index < -0.39 is 72.5 Å². The van der Waals surface area contributed by atoms with Crippen molar-refractivity contribution in [3.63, 3.8) is 0 Å². The molecule has 0 bridgehead atoms. The van der Waals surface area contributed by atoms with Crippen molar-refractivity contribution in [3.05, 3.63) is 23.4 Å². The van der Waals surface area contributed by atoms with Crippen molar-refractivity contribution in [2.45, 2.75) is 42.9 Å². The van der Waals surface area contributed by atoms with Gasteiger partial charge in [0.25, 0.3) is 0 Å². The number of ketones is 1. The molecule has 0 aromatic heterocycles. The Morgan fingerprint density at radius 2 is 1.74 bits per heavy atom. The third kappa shape index (κ3) is 4.41. The highest BCUT2D eigenvalue weighted by Crippen LogP contribution is 2.31. The van der Waals surface area contributed by atoms with Crippen LogP contribution >= 0.6 is 0 Å². The minimum Gasteiger partial charge on any atom is -0.508 e. The molecule has 0 saturated heterocycles. The predicted molar refractivity (Wildman–Crippen MR) is 73.3 cm³/mol. The molecule has 0 aliphatic heterocycles. The zero-order valence-corrected chi connectivity index (χ0v) is 11.9. The maximum absolute atomic E-state index is 11.8. The molecule has 0 spiro atoms. The molecular formula is C13H20O10. The Bertz CT molecular complexity index is 513. The fraction of sp³-hybridized carbons (Fsp3) is 0.615. The summed E-state index contributed by atoms with van der Waals surface area (Å²) in [4.78, 5) is 11.8. The van der Waals surface area contributed by atoms with Crippen molar-refractivity contribution >= 4 is 5.78 Å². The Kier molecular flexibility index (Phi) is 6.11. The van der Waals surface area contributed by atoms with E-state index in [1.54, 1.807) is 0 Å². The van der Waals surface area contributed by atoms with E-state index in [9.17, 15) is 40.5 Å². The highest BCUT2D eigenvalue weighted by molar-refractivity contribution is 5.87. The first-order valence-corrected chi connectivity index (χ1v) is 6.65. The molecule has 2 unspecified atom stereocenters. The van der Waals surface area contributed by atoms with Crippen molar-refractivity contribution in [1.82, 2.24) is 0 Å². The molecule has 1 rings (SSSR count). The van der Waals surface area contributed by atoms with E-state index in [1.807, 2.05) is 0 Å². The normalized spacial score (nSPS) is 27.1. The number of Topliss-reactive ketones (excluding diaryl/α,β-unsaturated/α-hetero) is 1.